The summed E-state index contributed by atoms with van der Waals surface area (Å²) in [6.45, 7) is 1.82. The van der Waals surface area contributed by atoms with E-state index in [0.717, 1.165) is 17.6 Å². The zero-order chi connectivity index (χ0) is 14.0. The van der Waals surface area contributed by atoms with Gasteiger partial charge in [-0.1, -0.05) is 19.3 Å². The maximum absolute atomic E-state index is 12.5. The van der Waals surface area contributed by atoms with Gasteiger partial charge in [0.05, 0.1) is 5.56 Å². The summed E-state index contributed by atoms with van der Waals surface area (Å²) < 4.78 is 0.865. The lowest BCUT2D eigenvalue weighted by atomic mass is 9.68. The fraction of sp³-hybridized carbons (Fsp3) is 0.625. The molecule has 1 aliphatic carbocycles. The van der Waals surface area contributed by atoms with Crippen LogP contribution in [0.5, 0.6) is 0 Å². The average molecular weight is 337 g/mol. The Balaban J connectivity index is 1.64. The molecule has 4 heteroatoms. The van der Waals surface area contributed by atoms with Crippen molar-refractivity contribution >= 4 is 21.8 Å². The van der Waals surface area contributed by atoms with Crippen molar-refractivity contribution in [3.05, 3.63) is 28.5 Å². The maximum atomic E-state index is 12.5. The first-order valence-electron chi connectivity index (χ1n) is 7.58. The van der Waals surface area contributed by atoms with E-state index in [2.05, 4.69) is 20.9 Å². The Hall–Kier alpha value is -0.900. The fourth-order valence-corrected chi connectivity index (χ4v) is 4.06. The molecule has 0 aromatic carbocycles. The molecule has 2 aliphatic rings. The second-order valence-electron chi connectivity index (χ2n) is 6.24. The Morgan fingerprint density at radius 1 is 1.10 bits per heavy atom. The molecular weight excluding hydrogens is 316 g/mol. The van der Waals surface area contributed by atoms with Crippen molar-refractivity contribution in [2.24, 2.45) is 5.41 Å². The quantitative estimate of drug-likeness (QED) is 0.775. The molecule has 3 rings (SSSR count). The van der Waals surface area contributed by atoms with Crippen molar-refractivity contribution in [1.29, 1.82) is 0 Å². The first kappa shape index (κ1) is 14.1. The van der Waals surface area contributed by atoms with Crippen LogP contribution in [0.25, 0.3) is 0 Å². The molecular formula is C16H21BrN2O. The van der Waals surface area contributed by atoms with Crippen LogP contribution in [0, 0.1) is 5.41 Å². The standard InChI is InChI=1S/C16H21BrN2O/c17-14-10-13(11-18-12-14)15(20)19-8-6-16(7-9-19)4-2-1-3-5-16/h10-12H,1-9H2. The van der Waals surface area contributed by atoms with E-state index in [9.17, 15) is 4.79 Å². The number of pyridine rings is 1. The topological polar surface area (TPSA) is 33.2 Å². The van der Waals surface area contributed by atoms with Crippen LogP contribution >= 0.6 is 15.9 Å². The molecule has 1 aromatic rings. The second kappa shape index (κ2) is 5.84. The molecule has 2 fully saturated rings. The van der Waals surface area contributed by atoms with E-state index in [1.807, 2.05) is 11.0 Å². The van der Waals surface area contributed by atoms with Crippen molar-refractivity contribution in [2.75, 3.05) is 13.1 Å². The molecule has 0 radical (unpaired) electrons. The summed E-state index contributed by atoms with van der Waals surface area (Å²) in [4.78, 5) is 18.6. The van der Waals surface area contributed by atoms with Gasteiger partial charge in [0.1, 0.15) is 0 Å². The largest absolute Gasteiger partial charge is 0.339 e. The molecule has 1 saturated carbocycles. The lowest BCUT2D eigenvalue weighted by Crippen LogP contribution is -2.43. The Kier molecular flexibility index (Phi) is 4.11. The van der Waals surface area contributed by atoms with E-state index in [-0.39, 0.29) is 5.91 Å². The van der Waals surface area contributed by atoms with Crippen molar-refractivity contribution in [3.63, 3.8) is 0 Å². The first-order chi connectivity index (χ1) is 9.69. The van der Waals surface area contributed by atoms with E-state index in [0.29, 0.717) is 11.0 Å². The van der Waals surface area contributed by atoms with E-state index < -0.39 is 0 Å². The van der Waals surface area contributed by atoms with Gasteiger partial charge < -0.3 is 4.90 Å². The van der Waals surface area contributed by atoms with Crippen LogP contribution in [0.2, 0.25) is 0 Å². The molecule has 0 N–H and O–H groups in total. The highest BCUT2D eigenvalue weighted by atomic mass is 79.9. The highest BCUT2D eigenvalue weighted by Gasteiger charge is 2.36. The minimum atomic E-state index is 0.129. The van der Waals surface area contributed by atoms with Crippen LogP contribution in [0.4, 0.5) is 0 Å². The van der Waals surface area contributed by atoms with Crippen molar-refractivity contribution in [3.8, 4) is 0 Å². The van der Waals surface area contributed by atoms with Gasteiger partial charge in [-0.25, -0.2) is 0 Å². The molecule has 108 valence electrons. The second-order valence-corrected chi connectivity index (χ2v) is 7.16. The molecule has 1 amide bonds. The third-order valence-corrected chi connectivity index (χ3v) is 5.41. The summed E-state index contributed by atoms with van der Waals surface area (Å²) >= 11 is 3.38. The van der Waals surface area contributed by atoms with Crippen LogP contribution in [0.3, 0.4) is 0 Å². The highest BCUT2D eigenvalue weighted by Crippen LogP contribution is 2.44. The van der Waals surface area contributed by atoms with Gasteiger partial charge in [-0.2, -0.15) is 0 Å². The van der Waals surface area contributed by atoms with E-state index >= 15 is 0 Å². The van der Waals surface area contributed by atoms with Crippen molar-refractivity contribution in [2.45, 2.75) is 44.9 Å². The summed E-state index contributed by atoms with van der Waals surface area (Å²) in [5.41, 5.74) is 1.24. The predicted molar refractivity (Wildman–Crippen MR) is 82.6 cm³/mol. The molecule has 0 bridgehead atoms. The number of likely N-dealkylation sites (tertiary alicyclic amines) is 1. The van der Waals surface area contributed by atoms with Gasteiger partial charge in [0.15, 0.2) is 0 Å². The number of hydrogen-bond donors (Lipinski definition) is 0. The lowest BCUT2D eigenvalue weighted by Gasteiger charge is -2.44. The summed E-state index contributed by atoms with van der Waals surface area (Å²) in [7, 11) is 0. The monoisotopic (exact) mass is 336 g/mol. The predicted octanol–water partition coefficient (Wildman–Crippen LogP) is 4.03. The van der Waals surface area contributed by atoms with Crippen LogP contribution in [0.1, 0.15) is 55.3 Å². The van der Waals surface area contributed by atoms with Gasteiger partial charge in [0.2, 0.25) is 0 Å². The lowest BCUT2D eigenvalue weighted by molar-refractivity contribution is 0.0471. The Morgan fingerprint density at radius 2 is 1.80 bits per heavy atom. The van der Waals surface area contributed by atoms with Crippen LogP contribution in [0.15, 0.2) is 22.9 Å². The third-order valence-electron chi connectivity index (χ3n) is 4.98. The first-order valence-corrected chi connectivity index (χ1v) is 8.38. The number of halogens is 1. The highest BCUT2D eigenvalue weighted by molar-refractivity contribution is 9.10. The maximum Gasteiger partial charge on any atom is 0.255 e. The van der Waals surface area contributed by atoms with Crippen LogP contribution in [-0.4, -0.2) is 28.9 Å². The summed E-state index contributed by atoms with van der Waals surface area (Å²) in [6.07, 6.45) is 12.6. The summed E-state index contributed by atoms with van der Waals surface area (Å²) in [6, 6.07) is 1.86. The number of rotatable bonds is 1. The average Bonchev–Trinajstić information content (AvgIpc) is 2.48. The molecule has 0 unspecified atom stereocenters. The number of carbonyl (C=O) groups is 1. The van der Waals surface area contributed by atoms with E-state index in [4.69, 9.17) is 0 Å². The van der Waals surface area contributed by atoms with E-state index in [1.165, 1.54) is 44.9 Å². The van der Waals surface area contributed by atoms with Gasteiger partial charge in [0, 0.05) is 30.0 Å². The molecule has 3 nitrogen and oxygen atoms in total. The van der Waals surface area contributed by atoms with Crippen LogP contribution in [-0.2, 0) is 0 Å². The van der Waals surface area contributed by atoms with Gasteiger partial charge in [-0.05, 0) is 53.1 Å². The zero-order valence-electron chi connectivity index (χ0n) is 11.8. The van der Waals surface area contributed by atoms with Gasteiger partial charge in [0.25, 0.3) is 5.91 Å². The molecule has 0 atom stereocenters. The number of nitrogens with zero attached hydrogens (tertiary/aromatic N) is 2. The fourth-order valence-electron chi connectivity index (χ4n) is 3.70. The summed E-state index contributed by atoms with van der Waals surface area (Å²) in [5, 5.41) is 0. The SMILES string of the molecule is O=C(c1cncc(Br)c1)N1CCC2(CCCCC2)CC1. The normalized spacial score (nSPS) is 21.9. The van der Waals surface area contributed by atoms with Gasteiger partial charge >= 0.3 is 0 Å². The molecule has 1 spiro atoms. The Labute approximate surface area is 128 Å². The minimum Gasteiger partial charge on any atom is -0.339 e. The van der Waals surface area contributed by atoms with E-state index in [1.54, 1.807) is 12.4 Å². The van der Waals surface area contributed by atoms with Gasteiger partial charge in [-0.15, -0.1) is 0 Å². The molecule has 1 saturated heterocycles. The molecule has 2 heterocycles. The Bertz CT molecular complexity index is 487. The minimum absolute atomic E-state index is 0.129. The molecule has 20 heavy (non-hydrogen) atoms. The van der Waals surface area contributed by atoms with Crippen molar-refractivity contribution in [1.82, 2.24) is 9.88 Å². The van der Waals surface area contributed by atoms with Crippen molar-refractivity contribution < 1.29 is 4.79 Å². The zero-order valence-corrected chi connectivity index (χ0v) is 13.4. The van der Waals surface area contributed by atoms with Gasteiger partial charge in [-0.3, -0.25) is 9.78 Å². The molecule has 1 aliphatic heterocycles. The number of carbonyl (C=O) groups excluding carboxylic acids is 1. The number of aromatic nitrogens is 1. The third kappa shape index (κ3) is 2.90. The smallest absolute Gasteiger partial charge is 0.255 e. The number of hydrogen-bond acceptors (Lipinski definition) is 2. The Morgan fingerprint density at radius 3 is 2.45 bits per heavy atom. The summed E-state index contributed by atoms with van der Waals surface area (Å²) in [5.74, 6) is 0.129. The number of piperidine rings is 1. The van der Waals surface area contributed by atoms with Crippen LogP contribution < -0.4 is 0 Å². The number of amides is 1. The molecule has 1 aromatic heterocycles.